The first-order valence-corrected chi connectivity index (χ1v) is 6.37. The Morgan fingerprint density at radius 2 is 1.94 bits per heavy atom. The second kappa shape index (κ2) is 5.44. The zero-order valence-electron chi connectivity index (χ0n) is 10.7. The summed E-state index contributed by atoms with van der Waals surface area (Å²) in [7, 11) is 0. The molecule has 0 aromatic rings. The average molecular weight is 234 g/mol. The van der Waals surface area contributed by atoms with Crippen LogP contribution in [0.25, 0.3) is 0 Å². The summed E-state index contributed by atoms with van der Waals surface area (Å²) in [5.74, 6) is -3.08. The van der Waals surface area contributed by atoms with Gasteiger partial charge in [0.2, 0.25) is 5.92 Å². The molecule has 0 bridgehead atoms. The fourth-order valence-corrected chi connectivity index (χ4v) is 2.18. The molecule has 1 rings (SSSR count). The van der Waals surface area contributed by atoms with Gasteiger partial charge in [0.1, 0.15) is 0 Å². The first-order valence-electron chi connectivity index (χ1n) is 6.37. The van der Waals surface area contributed by atoms with Crippen LogP contribution in [0.5, 0.6) is 0 Å². The Labute approximate surface area is 97.6 Å². The molecule has 0 spiro atoms. The first kappa shape index (κ1) is 13.9. The van der Waals surface area contributed by atoms with Crippen molar-refractivity contribution < 1.29 is 13.5 Å². The highest BCUT2D eigenvalue weighted by molar-refractivity contribution is 4.89. The monoisotopic (exact) mass is 234 g/mol. The van der Waals surface area contributed by atoms with Crippen LogP contribution in [0.4, 0.5) is 8.78 Å². The Morgan fingerprint density at radius 1 is 1.31 bits per heavy atom. The summed E-state index contributed by atoms with van der Waals surface area (Å²) < 4.78 is 32.5. The highest BCUT2D eigenvalue weighted by Crippen LogP contribution is 2.47. The van der Waals surface area contributed by atoms with E-state index in [-0.39, 0.29) is 11.8 Å². The van der Waals surface area contributed by atoms with Crippen molar-refractivity contribution in [1.82, 2.24) is 0 Å². The lowest BCUT2D eigenvalue weighted by Gasteiger charge is -2.42. The predicted octanol–water partition coefficient (Wildman–Crippen LogP) is 4.26. The lowest BCUT2D eigenvalue weighted by molar-refractivity contribution is -0.0809. The molecule has 3 heteroatoms. The third-order valence-corrected chi connectivity index (χ3v) is 3.86. The van der Waals surface area contributed by atoms with E-state index >= 15 is 0 Å². The number of alkyl halides is 2. The van der Waals surface area contributed by atoms with Crippen LogP contribution in [0, 0.1) is 11.3 Å². The van der Waals surface area contributed by atoms with E-state index in [0.29, 0.717) is 19.6 Å². The third-order valence-electron chi connectivity index (χ3n) is 3.86. The number of halogens is 2. The molecule has 0 amide bonds. The largest absolute Gasteiger partial charge is 0.381 e. The predicted molar refractivity (Wildman–Crippen MR) is 61.8 cm³/mol. The summed E-state index contributed by atoms with van der Waals surface area (Å²) in [6.45, 7) is 6.49. The molecule has 1 saturated carbocycles. The molecular formula is C13H24F2O. The SMILES string of the molecule is CCOCC1(CCC(F)(F)C(C)C)CCC1. The van der Waals surface area contributed by atoms with Gasteiger partial charge in [0.15, 0.2) is 0 Å². The van der Waals surface area contributed by atoms with Crippen LogP contribution in [0.1, 0.15) is 52.9 Å². The molecular weight excluding hydrogens is 210 g/mol. The van der Waals surface area contributed by atoms with Crippen molar-refractivity contribution in [3.05, 3.63) is 0 Å². The maximum atomic E-state index is 13.5. The smallest absolute Gasteiger partial charge is 0.250 e. The van der Waals surface area contributed by atoms with E-state index in [1.54, 1.807) is 13.8 Å². The van der Waals surface area contributed by atoms with Gasteiger partial charge in [-0.25, -0.2) is 8.78 Å². The van der Waals surface area contributed by atoms with Crippen molar-refractivity contribution in [3.8, 4) is 0 Å². The Hall–Kier alpha value is -0.180. The molecule has 0 aromatic heterocycles. The molecule has 0 radical (unpaired) electrons. The second-order valence-corrected chi connectivity index (χ2v) is 5.41. The zero-order valence-corrected chi connectivity index (χ0v) is 10.7. The molecule has 0 aromatic carbocycles. The highest BCUT2D eigenvalue weighted by Gasteiger charge is 2.41. The molecule has 0 heterocycles. The van der Waals surface area contributed by atoms with Crippen LogP contribution in [0.15, 0.2) is 0 Å². The lowest BCUT2D eigenvalue weighted by atomic mass is 9.66. The van der Waals surface area contributed by atoms with Crippen molar-refractivity contribution >= 4 is 0 Å². The van der Waals surface area contributed by atoms with Gasteiger partial charge in [-0.1, -0.05) is 20.3 Å². The molecule has 16 heavy (non-hydrogen) atoms. The Balaban J connectivity index is 2.39. The second-order valence-electron chi connectivity index (χ2n) is 5.41. The standard InChI is InChI=1S/C13H24F2O/c1-4-16-10-12(6-5-7-12)8-9-13(14,15)11(2)3/h11H,4-10H2,1-3H3. The van der Waals surface area contributed by atoms with Gasteiger partial charge in [0.05, 0.1) is 6.61 Å². The minimum absolute atomic E-state index is 0.0116. The van der Waals surface area contributed by atoms with E-state index < -0.39 is 11.8 Å². The van der Waals surface area contributed by atoms with Gasteiger partial charge < -0.3 is 4.74 Å². The van der Waals surface area contributed by atoms with Crippen LogP contribution < -0.4 is 0 Å². The van der Waals surface area contributed by atoms with E-state index in [9.17, 15) is 8.78 Å². The van der Waals surface area contributed by atoms with Crippen molar-refractivity contribution in [3.63, 3.8) is 0 Å². The Kier molecular flexibility index (Phi) is 4.72. The van der Waals surface area contributed by atoms with Crippen LogP contribution in [-0.4, -0.2) is 19.1 Å². The molecule has 0 N–H and O–H groups in total. The third kappa shape index (κ3) is 3.41. The van der Waals surface area contributed by atoms with Gasteiger partial charge in [0, 0.05) is 18.9 Å². The van der Waals surface area contributed by atoms with Gasteiger partial charge in [-0.05, 0) is 31.6 Å². The molecule has 0 saturated heterocycles. The number of rotatable bonds is 7. The van der Waals surface area contributed by atoms with Gasteiger partial charge in [0.25, 0.3) is 0 Å². The topological polar surface area (TPSA) is 9.23 Å². The van der Waals surface area contributed by atoms with Gasteiger partial charge in [-0.2, -0.15) is 0 Å². The van der Waals surface area contributed by atoms with Crippen LogP contribution in [0.3, 0.4) is 0 Å². The number of ether oxygens (including phenoxy) is 1. The summed E-state index contributed by atoms with van der Waals surface area (Å²) in [6.07, 6.45) is 3.90. The molecule has 96 valence electrons. The summed E-state index contributed by atoms with van der Waals surface area (Å²) in [4.78, 5) is 0. The summed E-state index contributed by atoms with van der Waals surface area (Å²) in [6, 6.07) is 0. The fourth-order valence-electron chi connectivity index (χ4n) is 2.18. The summed E-state index contributed by atoms with van der Waals surface area (Å²) in [5.41, 5.74) is 0.0638. The van der Waals surface area contributed by atoms with Crippen molar-refractivity contribution in [2.45, 2.75) is 58.8 Å². The molecule has 1 aliphatic rings. The maximum Gasteiger partial charge on any atom is 0.250 e. The summed E-state index contributed by atoms with van der Waals surface area (Å²) >= 11 is 0. The van der Waals surface area contributed by atoms with Crippen LogP contribution >= 0.6 is 0 Å². The molecule has 1 nitrogen and oxygen atoms in total. The first-order chi connectivity index (χ1) is 7.42. The van der Waals surface area contributed by atoms with Gasteiger partial charge in [-0.15, -0.1) is 0 Å². The van der Waals surface area contributed by atoms with E-state index in [1.807, 2.05) is 6.92 Å². The number of hydrogen-bond donors (Lipinski definition) is 0. The van der Waals surface area contributed by atoms with E-state index in [4.69, 9.17) is 4.74 Å². The highest BCUT2D eigenvalue weighted by atomic mass is 19.3. The molecule has 0 aliphatic heterocycles. The average Bonchev–Trinajstić information content (AvgIpc) is 2.15. The normalized spacial score (nSPS) is 19.9. The van der Waals surface area contributed by atoms with E-state index in [2.05, 4.69) is 0 Å². The fraction of sp³-hybridized carbons (Fsp3) is 1.00. The van der Waals surface area contributed by atoms with Crippen molar-refractivity contribution in [1.29, 1.82) is 0 Å². The minimum Gasteiger partial charge on any atom is -0.381 e. The summed E-state index contributed by atoms with van der Waals surface area (Å²) in [5, 5.41) is 0. The van der Waals surface area contributed by atoms with E-state index in [0.717, 1.165) is 12.8 Å². The van der Waals surface area contributed by atoms with Gasteiger partial charge in [-0.3, -0.25) is 0 Å². The lowest BCUT2D eigenvalue weighted by Crippen LogP contribution is -2.37. The van der Waals surface area contributed by atoms with Crippen LogP contribution in [-0.2, 0) is 4.74 Å². The van der Waals surface area contributed by atoms with Crippen molar-refractivity contribution in [2.75, 3.05) is 13.2 Å². The quantitative estimate of drug-likeness (QED) is 0.639. The molecule has 0 atom stereocenters. The Morgan fingerprint density at radius 3 is 2.31 bits per heavy atom. The zero-order chi connectivity index (χ0) is 12.2. The molecule has 1 aliphatic carbocycles. The Bertz CT molecular complexity index is 210. The van der Waals surface area contributed by atoms with Crippen LogP contribution in [0.2, 0.25) is 0 Å². The molecule has 1 fully saturated rings. The molecule has 0 unspecified atom stereocenters. The minimum atomic E-state index is -2.52. The van der Waals surface area contributed by atoms with Crippen molar-refractivity contribution in [2.24, 2.45) is 11.3 Å². The van der Waals surface area contributed by atoms with E-state index in [1.165, 1.54) is 6.42 Å². The maximum absolute atomic E-state index is 13.5. The number of hydrogen-bond acceptors (Lipinski definition) is 1. The van der Waals surface area contributed by atoms with Gasteiger partial charge >= 0.3 is 0 Å².